The maximum Gasteiger partial charge on any atom is 0.407 e. The van der Waals surface area contributed by atoms with Crippen molar-refractivity contribution in [3.05, 3.63) is 69.3 Å². The van der Waals surface area contributed by atoms with Gasteiger partial charge in [0.25, 0.3) is 0 Å². The first-order valence-electron chi connectivity index (χ1n) is 19.3. The molecule has 0 aromatic carbocycles. The van der Waals surface area contributed by atoms with Crippen LogP contribution >= 0.6 is 0 Å². The predicted molar refractivity (Wildman–Crippen MR) is 213 cm³/mol. The van der Waals surface area contributed by atoms with Crippen LogP contribution in [0.1, 0.15) is 150 Å². The van der Waals surface area contributed by atoms with Gasteiger partial charge in [0.2, 0.25) is 5.91 Å². The molecule has 4 N–H and O–H groups in total. The van der Waals surface area contributed by atoms with Crippen molar-refractivity contribution in [3.63, 3.8) is 0 Å². The number of H-pyrrole nitrogens is 2. The number of carbonyl (C=O) groups excluding carboxylic acids is 2. The fraction of sp³-hybridized carbons (Fsp3) is 0.535. The Kier molecular flexibility index (Phi) is 12.3. The van der Waals surface area contributed by atoms with Crippen molar-refractivity contribution in [1.29, 1.82) is 0 Å². The van der Waals surface area contributed by atoms with Crippen molar-refractivity contribution in [1.82, 2.24) is 30.6 Å². The van der Waals surface area contributed by atoms with Gasteiger partial charge in [-0.25, -0.2) is 9.78 Å². The number of unbranched alkanes of at least 4 members (excludes halogenated alkanes) is 3. The lowest BCUT2D eigenvalue weighted by molar-refractivity contribution is -0.121. The number of aryl methyl sites for hydroxylation is 4. The van der Waals surface area contributed by atoms with Crippen LogP contribution in [0.2, 0.25) is 0 Å². The normalized spacial score (nSPS) is 16.0. The topological polar surface area (TPSA) is 125 Å². The number of amides is 2. The minimum absolute atomic E-state index is 0.0793. The molecule has 0 saturated heterocycles. The SMILES string of the molecule is CCC1=C(C)c2cc3[nH]c(cc4nc(c(C)c5cc(C)c(cc1n2)[nH]5)[C@@H](CCC(=O)NCCCCCCNC(=O)OC(C)(C)C)[C@@H]4C)c(C)c3CC. The summed E-state index contributed by atoms with van der Waals surface area (Å²) in [5.41, 5.74) is 15.3. The van der Waals surface area contributed by atoms with Crippen molar-refractivity contribution in [2.75, 3.05) is 13.1 Å². The summed E-state index contributed by atoms with van der Waals surface area (Å²) in [7, 11) is 0. The maximum atomic E-state index is 13.1. The number of hydrogen-bond acceptors (Lipinski definition) is 5. The quantitative estimate of drug-likeness (QED) is 0.139. The second-order valence-corrected chi connectivity index (χ2v) is 15.6. The molecule has 3 aromatic rings. The van der Waals surface area contributed by atoms with Gasteiger partial charge in [-0.15, -0.1) is 0 Å². The molecule has 0 radical (unpaired) electrons. The van der Waals surface area contributed by atoms with E-state index in [1.54, 1.807) is 0 Å². The van der Waals surface area contributed by atoms with Gasteiger partial charge in [-0.1, -0.05) is 33.6 Å². The van der Waals surface area contributed by atoms with E-state index in [-0.39, 0.29) is 23.8 Å². The fourth-order valence-corrected chi connectivity index (χ4v) is 7.61. The summed E-state index contributed by atoms with van der Waals surface area (Å²) in [5, 5.41) is 5.95. The van der Waals surface area contributed by atoms with E-state index in [1.165, 1.54) is 27.8 Å². The van der Waals surface area contributed by atoms with Crippen LogP contribution in [0.5, 0.6) is 0 Å². The van der Waals surface area contributed by atoms with E-state index >= 15 is 0 Å². The number of rotatable bonds is 12. The second-order valence-electron chi connectivity index (χ2n) is 15.6. The van der Waals surface area contributed by atoms with E-state index in [1.807, 2.05) is 20.8 Å². The molecule has 280 valence electrons. The van der Waals surface area contributed by atoms with Gasteiger partial charge in [0, 0.05) is 64.8 Å². The first-order chi connectivity index (χ1) is 24.7. The summed E-state index contributed by atoms with van der Waals surface area (Å²) in [5.74, 6) is 0.343. The number of aromatic nitrogens is 4. The lowest BCUT2D eigenvalue weighted by Crippen LogP contribution is -2.33. The Bertz CT molecular complexity index is 1990. The van der Waals surface area contributed by atoms with Crippen LogP contribution in [-0.4, -0.2) is 50.6 Å². The van der Waals surface area contributed by atoms with Crippen LogP contribution in [0.15, 0.2) is 24.3 Å². The highest BCUT2D eigenvalue weighted by molar-refractivity contribution is 5.92. The molecule has 0 spiro atoms. The molecule has 3 aromatic heterocycles. The lowest BCUT2D eigenvalue weighted by atomic mass is 9.86. The Morgan fingerprint density at radius 2 is 1.44 bits per heavy atom. The summed E-state index contributed by atoms with van der Waals surface area (Å²) in [6.45, 7) is 22.2. The summed E-state index contributed by atoms with van der Waals surface area (Å²) in [6.07, 6.45) is 6.38. The first-order valence-corrected chi connectivity index (χ1v) is 19.3. The number of fused-ring (bicyclic) bond motifs is 8. The molecule has 0 saturated carbocycles. The van der Waals surface area contributed by atoms with E-state index < -0.39 is 5.60 Å². The maximum absolute atomic E-state index is 13.1. The van der Waals surface area contributed by atoms with E-state index in [4.69, 9.17) is 14.7 Å². The third kappa shape index (κ3) is 8.96. The van der Waals surface area contributed by atoms with Gasteiger partial charge in [0.15, 0.2) is 0 Å². The molecule has 2 aliphatic rings. The molecule has 2 aliphatic heterocycles. The van der Waals surface area contributed by atoms with Gasteiger partial charge in [0.1, 0.15) is 5.60 Å². The van der Waals surface area contributed by atoms with Gasteiger partial charge in [0.05, 0.1) is 11.4 Å². The van der Waals surface area contributed by atoms with E-state index in [2.05, 4.69) is 93.3 Å². The summed E-state index contributed by atoms with van der Waals surface area (Å²) in [4.78, 5) is 42.8. The molecule has 0 aliphatic carbocycles. The molecular weight excluding hydrogens is 649 g/mol. The number of nitrogens with one attached hydrogen (secondary N) is 4. The molecule has 9 heteroatoms. The molecule has 0 fully saturated rings. The third-order valence-corrected chi connectivity index (χ3v) is 10.7. The molecule has 0 unspecified atom stereocenters. The Labute approximate surface area is 309 Å². The molecule has 5 rings (SSSR count). The van der Waals surface area contributed by atoms with Gasteiger partial charge >= 0.3 is 6.09 Å². The summed E-state index contributed by atoms with van der Waals surface area (Å²) < 4.78 is 5.28. The summed E-state index contributed by atoms with van der Waals surface area (Å²) in [6, 6.07) is 8.86. The van der Waals surface area contributed by atoms with Crippen molar-refractivity contribution in [2.24, 2.45) is 0 Å². The second kappa shape index (κ2) is 16.5. The van der Waals surface area contributed by atoms with Gasteiger partial charge < -0.3 is 25.3 Å². The van der Waals surface area contributed by atoms with Gasteiger partial charge in [-0.2, -0.15) is 0 Å². The van der Waals surface area contributed by atoms with Crippen molar-refractivity contribution in [2.45, 2.75) is 138 Å². The average Bonchev–Trinajstić information content (AvgIpc) is 3.78. The number of allylic oxidation sites excluding steroid dienone is 2. The van der Waals surface area contributed by atoms with Crippen LogP contribution in [-0.2, 0) is 16.0 Å². The van der Waals surface area contributed by atoms with Gasteiger partial charge in [-0.3, -0.25) is 9.78 Å². The number of ether oxygens (including phenoxy) is 1. The minimum Gasteiger partial charge on any atom is -0.444 e. The predicted octanol–water partition coefficient (Wildman–Crippen LogP) is 10.0. The number of carbonyl (C=O) groups is 2. The third-order valence-electron chi connectivity index (χ3n) is 10.7. The molecule has 52 heavy (non-hydrogen) atoms. The molecule has 5 heterocycles. The Hall–Kier alpha value is -4.40. The standard InChI is InChI=1S/C43H60N6O3/c1-11-30-27(5)36-24-39-31(12-2)26(4)35(47-39)23-37-28(6)32(41(49-37)29(7)34-21-25(3)33(46-34)22-38(30)48-36)17-18-40(50)44-19-15-13-14-16-20-45-42(51)52-43(8,9)10/h21-24,28,32,46-47H,11-20H2,1-10H3,(H,44,50)(H,45,51)/t28-,32-/m0/s1. The van der Waals surface area contributed by atoms with Crippen molar-refractivity contribution >= 4 is 45.2 Å². The minimum atomic E-state index is -0.493. The molecule has 9 nitrogen and oxygen atoms in total. The number of alkyl carbamates (subject to hydrolysis) is 1. The van der Waals surface area contributed by atoms with Crippen molar-refractivity contribution in [3.8, 4) is 0 Å². The highest BCUT2D eigenvalue weighted by Gasteiger charge is 2.31. The highest BCUT2D eigenvalue weighted by atomic mass is 16.6. The largest absolute Gasteiger partial charge is 0.444 e. The Balaban J connectivity index is 1.36. The highest BCUT2D eigenvalue weighted by Crippen LogP contribution is 2.42. The van der Waals surface area contributed by atoms with Gasteiger partial charge in [-0.05, 0) is 138 Å². The zero-order chi connectivity index (χ0) is 37.7. The zero-order valence-electron chi connectivity index (χ0n) is 33.2. The molecular formula is C43H60N6O3. The van der Waals surface area contributed by atoms with Crippen LogP contribution < -0.4 is 10.6 Å². The molecule has 2 amide bonds. The van der Waals surface area contributed by atoms with Crippen LogP contribution in [0, 0.1) is 20.8 Å². The fourth-order valence-electron chi connectivity index (χ4n) is 7.61. The number of hydrogen-bond donors (Lipinski definition) is 4. The monoisotopic (exact) mass is 708 g/mol. The lowest BCUT2D eigenvalue weighted by Gasteiger charge is -2.19. The average molecular weight is 709 g/mol. The van der Waals surface area contributed by atoms with E-state index in [9.17, 15) is 9.59 Å². The van der Waals surface area contributed by atoms with Crippen LogP contribution in [0.25, 0.3) is 33.2 Å². The number of nitrogens with zero attached hydrogens (tertiary/aromatic N) is 2. The molecule has 2 atom stereocenters. The summed E-state index contributed by atoms with van der Waals surface area (Å²) >= 11 is 0. The van der Waals surface area contributed by atoms with E-state index in [0.29, 0.717) is 19.5 Å². The number of aromatic amines is 2. The van der Waals surface area contributed by atoms with Crippen molar-refractivity contribution < 1.29 is 14.3 Å². The van der Waals surface area contributed by atoms with Crippen LogP contribution in [0.3, 0.4) is 0 Å². The smallest absolute Gasteiger partial charge is 0.407 e. The van der Waals surface area contributed by atoms with Crippen LogP contribution in [0.4, 0.5) is 4.79 Å². The molecule has 8 bridgehead atoms. The first kappa shape index (κ1) is 38.8. The Morgan fingerprint density at radius 1 is 0.788 bits per heavy atom. The Morgan fingerprint density at radius 3 is 2.12 bits per heavy atom. The van der Waals surface area contributed by atoms with E-state index in [0.717, 1.165) is 95.4 Å². The zero-order valence-corrected chi connectivity index (χ0v) is 33.2.